The number of anilines is 1. The topological polar surface area (TPSA) is 54.5 Å². The number of hydrogen-bond donors (Lipinski definition) is 1. The van der Waals surface area contributed by atoms with Gasteiger partial charge in [0.2, 0.25) is 0 Å². The number of nitrogens with zero attached hydrogens (tertiary/aromatic N) is 2. The number of carbonyl (C=O) groups is 1. The molecule has 2 aliphatic rings. The number of esters is 1. The van der Waals surface area contributed by atoms with E-state index in [9.17, 15) is 4.79 Å². The fourth-order valence-electron chi connectivity index (χ4n) is 3.02. The molecule has 0 atom stereocenters. The van der Waals surface area contributed by atoms with Crippen LogP contribution in [0.25, 0.3) is 0 Å². The van der Waals surface area contributed by atoms with E-state index >= 15 is 0 Å². The number of ether oxygens (including phenoxy) is 1. The van der Waals surface area contributed by atoms with Crippen molar-refractivity contribution in [3.8, 4) is 0 Å². The van der Waals surface area contributed by atoms with Gasteiger partial charge in [0.15, 0.2) is 0 Å². The number of aryl methyl sites for hydroxylation is 1. The summed E-state index contributed by atoms with van der Waals surface area (Å²) >= 11 is 0. The average Bonchev–Trinajstić information content (AvgIpc) is 3.32. The Morgan fingerprint density at radius 1 is 1.29 bits per heavy atom. The summed E-state index contributed by atoms with van der Waals surface area (Å²) in [5, 5.41) is 3.50. The molecule has 0 amide bonds. The van der Waals surface area contributed by atoms with Crippen LogP contribution in [0.3, 0.4) is 0 Å². The zero-order valence-corrected chi connectivity index (χ0v) is 12.8. The summed E-state index contributed by atoms with van der Waals surface area (Å²) in [7, 11) is 1.39. The smallest absolute Gasteiger partial charge is 0.339 e. The second-order valence-corrected chi connectivity index (χ2v) is 6.01. The number of carbonyl (C=O) groups excluding carboxylic acids is 1. The number of aromatic nitrogens is 1. The van der Waals surface area contributed by atoms with E-state index in [1.54, 1.807) is 6.07 Å². The van der Waals surface area contributed by atoms with Gasteiger partial charge >= 0.3 is 5.97 Å². The number of piperidine rings is 1. The molecule has 2 fully saturated rings. The molecule has 0 aromatic carbocycles. The molecule has 1 aliphatic carbocycles. The maximum absolute atomic E-state index is 11.6. The third-order valence-corrected chi connectivity index (χ3v) is 4.44. The largest absolute Gasteiger partial charge is 0.465 e. The third-order valence-electron chi connectivity index (χ3n) is 4.44. The van der Waals surface area contributed by atoms with E-state index in [1.807, 2.05) is 13.0 Å². The van der Waals surface area contributed by atoms with Crippen molar-refractivity contribution >= 4 is 11.8 Å². The Morgan fingerprint density at radius 2 is 2.00 bits per heavy atom. The Kier molecular flexibility index (Phi) is 4.10. The van der Waals surface area contributed by atoms with Crippen molar-refractivity contribution in [2.24, 2.45) is 0 Å². The van der Waals surface area contributed by atoms with Crippen molar-refractivity contribution < 1.29 is 9.53 Å². The van der Waals surface area contributed by atoms with Crippen LogP contribution in [-0.4, -0.2) is 48.1 Å². The zero-order chi connectivity index (χ0) is 14.8. The fourth-order valence-corrected chi connectivity index (χ4v) is 3.02. The maximum Gasteiger partial charge on any atom is 0.339 e. The summed E-state index contributed by atoms with van der Waals surface area (Å²) in [5.41, 5.74) is 1.24. The van der Waals surface area contributed by atoms with Gasteiger partial charge in [-0.25, -0.2) is 9.78 Å². The first-order valence-electron chi connectivity index (χ1n) is 7.74. The third kappa shape index (κ3) is 3.35. The molecule has 1 saturated heterocycles. The SMILES string of the molecule is COC(=O)c1ccc(NC2CCN(C3CC3)CC2)nc1C. The number of pyridine rings is 1. The van der Waals surface area contributed by atoms with Gasteiger partial charge in [0.05, 0.1) is 18.4 Å². The lowest BCUT2D eigenvalue weighted by molar-refractivity contribution is 0.0599. The summed E-state index contributed by atoms with van der Waals surface area (Å²) in [6, 6.07) is 5.00. The fraction of sp³-hybridized carbons (Fsp3) is 0.625. The van der Waals surface area contributed by atoms with Gasteiger partial charge < -0.3 is 15.0 Å². The van der Waals surface area contributed by atoms with E-state index < -0.39 is 0 Å². The molecular formula is C16H23N3O2. The van der Waals surface area contributed by atoms with E-state index in [4.69, 9.17) is 4.74 Å². The second-order valence-electron chi connectivity index (χ2n) is 6.01. The number of hydrogen-bond acceptors (Lipinski definition) is 5. The van der Waals surface area contributed by atoms with Crippen LogP contribution in [0.1, 0.15) is 41.7 Å². The predicted molar refractivity (Wildman–Crippen MR) is 81.6 cm³/mol. The van der Waals surface area contributed by atoms with Crippen molar-refractivity contribution in [2.75, 3.05) is 25.5 Å². The minimum atomic E-state index is -0.329. The molecule has 0 unspecified atom stereocenters. The van der Waals surface area contributed by atoms with Crippen molar-refractivity contribution in [1.82, 2.24) is 9.88 Å². The first kappa shape index (κ1) is 14.3. The average molecular weight is 289 g/mol. The van der Waals surface area contributed by atoms with Gasteiger partial charge in [0.25, 0.3) is 0 Å². The van der Waals surface area contributed by atoms with Gasteiger partial charge in [0.1, 0.15) is 5.82 Å². The quantitative estimate of drug-likeness (QED) is 0.861. The molecular weight excluding hydrogens is 266 g/mol. The van der Waals surface area contributed by atoms with Gasteiger partial charge in [-0.1, -0.05) is 0 Å². The Bertz CT molecular complexity index is 520. The molecule has 114 valence electrons. The van der Waals surface area contributed by atoms with E-state index in [2.05, 4.69) is 15.2 Å². The maximum atomic E-state index is 11.6. The molecule has 1 saturated carbocycles. The van der Waals surface area contributed by atoms with Crippen LogP contribution in [0.2, 0.25) is 0 Å². The number of likely N-dealkylation sites (tertiary alicyclic amines) is 1. The molecule has 0 bridgehead atoms. The first-order chi connectivity index (χ1) is 10.2. The number of nitrogens with one attached hydrogen (secondary N) is 1. The second kappa shape index (κ2) is 6.02. The van der Waals surface area contributed by atoms with Crippen LogP contribution in [0.15, 0.2) is 12.1 Å². The highest BCUT2D eigenvalue weighted by Gasteiger charge is 2.31. The molecule has 1 aliphatic heterocycles. The van der Waals surface area contributed by atoms with Crippen molar-refractivity contribution in [3.05, 3.63) is 23.4 Å². The summed E-state index contributed by atoms with van der Waals surface area (Å²) in [6.45, 7) is 4.20. The van der Waals surface area contributed by atoms with Crippen LogP contribution in [-0.2, 0) is 4.74 Å². The Hall–Kier alpha value is -1.62. The molecule has 21 heavy (non-hydrogen) atoms. The summed E-state index contributed by atoms with van der Waals surface area (Å²) in [4.78, 5) is 18.6. The molecule has 2 heterocycles. The summed E-state index contributed by atoms with van der Waals surface area (Å²) < 4.78 is 4.74. The van der Waals surface area contributed by atoms with Crippen LogP contribution < -0.4 is 5.32 Å². The molecule has 1 aromatic rings. The lowest BCUT2D eigenvalue weighted by Crippen LogP contribution is -2.40. The van der Waals surface area contributed by atoms with Crippen molar-refractivity contribution in [1.29, 1.82) is 0 Å². The van der Waals surface area contributed by atoms with E-state index in [1.165, 1.54) is 33.0 Å². The van der Waals surface area contributed by atoms with Crippen molar-refractivity contribution in [2.45, 2.75) is 44.7 Å². The predicted octanol–water partition coefficient (Wildman–Crippen LogP) is 2.22. The van der Waals surface area contributed by atoms with Crippen LogP contribution in [0.4, 0.5) is 5.82 Å². The monoisotopic (exact) mass is 289 g/mol. The summed E-state index contributed by atoms with van der Waals surface area (Å²) in [5.74, 6) is 0.523. The van der Waals surface area contributed by atoms with E-state index in [0.29, 0.717) is 17.3 Å². The lowest BCUT2D eigenvalue weighted by atomic mass is 10.0. The van der Waals surface area contributed by atoms with Crippen molar-refractivity contribution in [3.63, 3.8) is 0 Å². The first-order valence-corrected chi connectivity index (χ1v) is 7.74. The Morgan fingerprint density at radius 3 is 2.57 bits per heavy atom. The highest BCUT2D eigenvalue weighted by atomic mass is 16.5. The molecule has 3 rings (SSSR count). The molecule has 1 N–H and O–H groups in total. The number of rotatable bonds is 4. The molecule has 0 spiro atoms. The lowest BCUT2D eigenvalue weighted by Gasteiger charge is -2.32. The highest BCUT2D eigenvalue weighted by Crippen LogP contribution is 2.29. The Balaban J connectivity index is 1.58. The summed E-state index contributed by atoms with van der Waals surface area (Å²) in [6.07, 6.45) is 5.09. The van der Waals surface area contributed by atoms with E-state index in [0.717, 1.165) is 24.7 Å². The van der Waals surface area contributed by atoms with Crippen LogP contribution in [0, 0.1) is 6.92 Å². The van der Waals surface area contributed by atoms with E-state index in [-0.39, 0.29) is 5.97 Å². The molecule has 5 nitrogen and oxygen atoms in total. The van der Waals surface area contributed by atoms with Gasteiger partial charge in [-0.15, -0.1) is 0 Å². The molecule has 0 radical (unpaired) electrons. The minimum absolute atomic E-state index is 0.329. The molecule has 5 heteroatoms. The van der Waals surface area contributed by atoms with Gasteiger partial charge in [-0.3, -0.25) is 0 Å². The Labute approximate surface area is 125 Å². The minimum Gasteiger partial charge on any atom is -0.465 e. The van der Waals surface area contributed by atoms with Gasteiger partial charge in [-0.2, -0.15) is 0 Å². The normalized spacial score (nSPS) is 20.3. The zero-order valence-electron chi connectivity index (χ0n) is 12.8. The number of methoxy groups -OCH3 is 1. The standard InChI is InChI=1S/C16H23N3O2/c1-11-14(16(20)21-2)5-6-15(17-11)18-12-7-9-19(10-8-12)13-3-4-13/h5-6,12-13H,3-4,7-10H2,1-2H3,(H,17,18). The highest BCUT2D eigenvalue weighted by molar-refractivity contribution is 5.90. The van der Waals surface area contributed by atoms with Crippen LogP contribution in [0.5, 0.6) is 0 Å². The van der Waals surface area contributed by atoms with Crippen LogP contribution >= 0.6 is 0 Å². The molecule has 1 aromatic heterocycles. The van der Waals surface area contributed by atoms with Gasteiger partial charge in [0, 0.05) is 25.2 Å². The van der Waals surface area contributed by atoms with Gasteiger partial charge in [-0.05, 0) is 44.7 Å².